The third-order valence-electron chi connectivity index (χ3n) is 5.02. The SMILES string of the molecule is Cc1nc(Nc2cc(C3CCOCC3)[nH]n2)nc(NC(C)c2ccc(F)cc2F)n1. The molecule has 0 amide bonds. The lowest BCUT2D eigenvalue weighted by Crippen LogP contribution is -2.14. The van der Waals surface area contributed by atoms with Crippen molar-refractivity contribution in [2.45, 2.75) is 38.6 Å². The molecule has 0 bridgehead atoms. The Hall–Kier alpha value is -3.14. The molecule has 2 aromatic heterocycles. The number of ether oxygens (including phenoxy) is 1. The number of aromatic nitrogens is 5. The molecule has 1 aromatic carbocycles. The smallest absolute Gasteiger partial charge is 0.233 e. The van der Waals surface area contributed by atoms with Crippen molar-refractivity contribution in [2.75, 3.05) is 23.8 Å². The average Bonchev–Trinajstić information content (AvgIpc) is 3.16. The van der Waals surface area contributed by atoms with Crippen LogP contribution in [-0.2, 0) is 4.74 Å². The number of halogens is 2. The van der Waals surface area contributed by atoms with E-state index in [4.69, 9.17) is 4.74 Å². The lowest BCUT2D eigenvalue weighted by molar-refractivity contribution is 0.0845. The molecule has 1 fully saturated rings. The van der Waals surface area contributed by atoms with E-state index in [9.17, 15) is 8.78 Å². The first-order chi connectivity index (χ1) is 14.5. The summed E-state index contributed by atoms with van der Waals surface area (Å²) in [6.45, 7) is 4.98. The Labute approximate surface area is 172 Å². The molecule has 3 aromatic rings. The van der Waals surface area contributed by atoms with Gasteiger partial charge in [-0.2, -0.15) is 20.1 Å². The molecule has 158 valence electrons. The standard InChI is InChI=1S/C20H23F2N7O/c1-11(15-4-3-14(21)9-16(15)22)23-19-24-12(2)25-20(27-19)26-18-10-17(28-29-18)13-5-7-30-8-6-13/h3-4,9-11,13H,5-8H2,1-2H3,(H3,23,24,25,26,27,28,29). The van der Waals surface area contributed by atoms with Crippen LogP contribution in [0.25, 0.3) is 0 Å². The normalized spacial score (nSPS) is 15.7. The maximum atomic E-state index is 14.0. The number of nitrogens with one attached hydrogen (secondary N) is 3. The summed E-state index contributed by atoms with van der Waals surface area (Å²) < 4.78 is 32.6. The van der Waals surface area contributed by atoms with E-state index in [1.54, 1.807) is 13.8 Å². The van der Waals surface area contributed by atoms with Crippen molar-refractivity contribution in [3.63, 3.8) is 0 Å². The molecule has 3 N–H and O–H groups in total. The zero-order valence-electron chi connectivity index (χ0n) is 16.7. The van der Waals surface area contributed by atoms with Crippen LogP contribution >= 0.6 is 0 Å². The Bertz CT molecular complexity index is 1020. The maximum absolute atomic E-state index is 14.0. The average molecular weight is 415 g/mol. The minimum Gasteiger partial charge on any atom is -0.381 e. The highest BCUT2D eigenvalue weighted by Gasteiger charge is 2.19. The molecule has 0 spiro atoms. The summed E-state index contributed by atoms with van der Waals surface area (Å²) in [6, 6.07) is 4.95. The van der Waals surface area contributed by atoms with Crippen molar-refractivity contribution in [1.82, 2.24) is 25.1 Å². The first-order valence-electron chi connectivity index (χ1n) is 9.82. The third kappa shape index (κ3) is 4.70. The van der Waals surface area contributed by atoms with Gasteiger partial charge in [-0.1, -0.05) is 6.07 Å². The number of benzene rings is 1. The minimum absolute atomic E-state index is 0.279. The van der Waals surface area contributed by atoms with Crippen molar-refractivity contribution < 1.29 is 13.5 Å². The number of aryl methyl sites for hydroxylation is 1. The molecule has 1 saturated heterocycles. The van der Waals surface area contributed by atoms with Gasteiger partial charge in [-0.25, -0.2) is 8.78 Å². The molecule has 8 nitrogen and oxygen atoms in total. The molecule has 1 aliphatic rings. The van der Waals surface area contributed by atoms with Crippen LogP contribution in [0.5, 0.6) is 0 Å². The first kappa shape index (κ1) is 20.1. The Morgan fingerprint density at radius 1 is 1.10 bits per heavy atom. The summed E-state index contributed by atoms with van der Waals surface area (Å²) in [5.41, 5.74) is 1.36. The third-order valence-corrected chi connectivity index (χ3v) is 5.02. The van der Waals surface area contributed by atoms with Gasteiger partial charge < -0.3 is 15.4 Å². The van der Waals surface area contributed by atoms with E-state index < -0.39 is 17.7 Å². The summed E-state index contributed by atoms with van der Waals surface area (Å²) in [4.78, 5) is 12.9. The molecule has 4 rings (SSSR count). The fraction of sp³-hybridized carbons (Fsp3) is 0.400. The largest absolute Gasteiger partial charge is 0.381 e. The molecule has 0 saturated carbocycles. The van der Waals surface area contributed by atoms with Crippen LogP contribution in [0.1, 0.15) is 48.8 Å². The predicted octanol–water partition coefficient (Wildman–Crippen LogP) is 3.99. The van der Waals surface area contributed by atoms with Crippen LogP contribution in [0.4, 0.5) is 26.5 Å². The summed E-state index contributed by atoms with van der Waals surface area (Å²) in [7, 11) is 0. The number of aromatic amines is 1. The van der Waals surface area contributed by atoms with Crippen molar-refractivity contribution in [1.29, 1.82) is 0 Å². The Balaban J connectivity index is 1.47. The summed E-state index contributed by atoms with van der Waals surface area (Å²) in [6.07, 6.45) is 1.91. The van der Waals surface area contributed by atoms with E-state index in [0.29, 0.717) is 29.1 Å². The predicted molar refractivity (Wildman–Crippen MR) is 108 cm³/mol. The number of hydrogen-bond acceptors (Lipinski definition) is 7. The van der Waals surface area contributed by atoms with Gasteiger partial charge in [0.25, 0.3) is 0 Å². The fourth-order valence-corrected chi connectivity index (χ4v) is 3.46. The first-order valence-corrected chi connectivity index (χ1v) is 9.82. The molecule has 1 aliphatic heterocycles. The van der Waals surface area contributed by atoms with Gasteiger partial charge >= 0.3 is 0 Å². The van der Waals surface area contributed by atoms with Gasteiger partial charge in [0.05, 0.1) is 6.04 Å². The van der Waals surface area contributed by atoms with Crippen LogP contribution < -0.4 is 10.6 Å². The second-order valence-corrected chi connectivity index (χ2v) is 7.28. The summed E-state index contributed by atoms with van der Waals surface area (Å²) >= 11 is 0. The second kappa shape index (κ2) is 8.70. The van der Waals surface area contributed by atoms with Gasteiger partial charge in [-0.15, -0.1) is 0 Å². The number of H-pyrrole nitrogens is 1. The van der Waals surface area contributed by atoms with Crippen LogP contribution in [-0.4, -0.2) is 38.4 Å². The van der Waals surface area contributed by atoms with Gasteiger partial charge in [0.1, 0.15) is 17.5 Å². The van der Waals surface area contributed by atoms with Crippen LogP contribution in [0.2, 0.25) is 0 Å². The second-order valence-electron chi connectivity index (χ2n) is 7.28. The van der Waals surface area contributed by atoms with Crippen molar-refractivity contribution in [3.8, 4) is 0 Å². The fourth-order valence-electron chi connectivity index (χ4n) is 3.46. The molecular weight excluding hydrogens is 392 g/mol. The van der Waals surface area contributed by atoms with Crippen LogP contribution in [0.15, 0.2) is 24.3 Å². The zero-order valence-corrected chi connectivity index (χ0v) is 16.7. The van der Waals surface area contributed by atoms with E-state index in [-0.39, 0.29) is 5.95 Å². The van der Waals surface area contributed by atoms with E-state index in [1.165, 1.54) is 12.1 Å². The molecule has 1 unspecified atom stereocenters. The highest BCUT2D eigenvalue weighted by atomic mass is 19.1. The molecule has 3 heterocycles. The molecule has 10 heteroatoms. The Kier molecular flexibility index (Phi) is 5.84. The highest BCUT2D eigenvalue weighted by molar-refractivity contribution is 5.50. The number of nitrogens with zero attached hydrogens (tertiary/aromatic N) is 4. The van der Waals surface area contributed by atoms with Gasteiger partial charge in [0.15, 0.2) is 5.82 Å². The molecule has 30 heavy (non-hydrogen) atoms. The molecule has 1 atom stereocenters. The van der Waals surface area contributed by atoms with Crippen molar-refractivity contribution in [3.05, 3.63) is 53.0 Å². The Morgan fingerprint density at radius 3 is 2.63 bits per heavy atom. The lowest BCUT2D eigenvalue weighted by atomic mass is 9.97. The maximum Gasteiger partial charge on any atom is 0.233 e. The highest BCUT2D eigenvalue weighted by Crippen LogP contribution is 2.27. The molecule has 0 aliphatic carbocycles. The van der Waals surface area contributed by atoms with Crippen LogP contribution in [0.3, 0.4) is 0 Å². The zero-order chi connectivity index (χ0) is 21.1. The van der Waals surface area contributed by atoms with Gasteiger partial charge in [-0.05, 0) is 32.8 Å². The minimum atomic E-state index is -0.628. The van der Waals surface area contributed by atoms with E-state index >= 15 is 0 Å². The monoisotopic (exact) mass is 415 g/mol. The van der Waals surface area contributed by atoms with Crippen LogP contribution in [0, 0.1) is 18.6 Å². The number of rotatable bonds is 6. The van der Waals surface area contributed by atoms with E-state index in [1.807, 2.05) is 6.07 Å². The van der Waals surface area contributed by atoms with Crippen molar-refractivity contribution in [2.24, 2.45) is 0 Å². The molecular formula is C20H23F2N7O. The molecule has 0 radical (unpaired) electrons. The Morgan fingerprint density at radius 2 is 1.87 bits per heavy atom. The lowest BCUT2D eigenvalue weighted by Gasteiger charge is -2.20. The summed E-state index contributed by atoms with van der Waals surface area (Å²) in [5.74, 6) is 0.836. The van der Waals surface area contributed by atoms with E-state index in [0.717, 1.165) is 37.8 Å². The quantitative estimate of drug-likeness (QED) is 0.560. The number of hydrogen-bond donors (Lipinski definition) is 3. The van der Waals surface area contributed by atoms with Crippen molar-refractivity contribution >= 4 is 17.7 Å². The van der Waals surface area contributed by atoms with Gasteiger partial charge in [0.2, 0.25) is 11.9 Å². The number of anilines is 3. The van der Waals surface area contributed by atoms with E-state index in [2.05, 4.69) is 35.8 Å². The summed E-state index contributed by atoms with van der Waals surface area (Å²) in [5, 5.41) is 13.5. The van der Waals surface area contributed by atoms with Gasteiger partial charge in [-0.3, -0.25) is 5.10 Å². The topological polar surface area (TPSA) is 101 Å². The van der Waals surface area contributed by atoms with Gasteiger partial charge in [0, 0.05) is 42.5 Å².